The molecular weight excluding hydrogens is 416 g/mol. The van der Waals surface area contributed by atoms with Gasteiger partial charge in [-0.05, 0) is 35.7 Å². The topological polar surface area (TPSA) is 58.6 Å². The molecule has 1 aliphatic rings. The second-order valence-electron chi connectivity index (χ2n) is 6.85. The van der Waals surface area contributed by atoms with E-state index in [9.17, 15) is 9.59 Å². The summed E-state index contributed by atoms with van der Waals surface area (Å²) in [4.78, 5) is 30.1. The zero-order valence-corrected chi connectivity index (χ0v) is 18.2. The maximum Gasteiger partial charge on any atom is 0.307 e. The number of hydrogen-bond donors (Lipinski definition) is 1. The smallest absolute Gasteiger partial charge is 0.307 e. The first kappa shape index (κ1) is 20.5. The molecule has 4 rings (SSSR count). The summed E-state index contributed by atoms with van der Waals surface area (Å²) < 4.78 is 4.80. The standard InChI is InChI=1S/C23H22N2O3S2/c1-28-23(27)15-16(19-11-6-14-29-19)24-22(26)12-13-25-17-7-2-4-9-20(17)30-21-10-5-3-8-18(21)25/h2-11,14,16H,12-13,15H2,1H3,(H,24,26). The van der Waals surface area contributed by atoms with Gasteiger partial charge in [-0.2, -0.15) is 0 Å². The molecule has 0 aliphatic carbocycles. The number of esters is 1. The summed E-state index contributed by atoms with van der Waals surface area (Å²) in [6, 6.07) is 19.9. The molecule has 0 bridgehead atoms. The minimum Gasteiger partial charge on any atom is -0.469 e. The maximum absolute atomic E-state index is 12.8. The molecule has 0 saturated heterocycles. The molecule has 1 amide bonds. The van der Waals surface area contributed by atoms with E-state index in [0.29, 0.717) is 13.0 Å². The summed E-state index contributed by atoms with van der Waals surface area (Å²) in [6.07, 6.45) is 0.436. The molecule has 0 radical (unpaired) electrons. The van der Waals surface area contributed by atoms with Crippen LogP contribution in [0.1, 0.15) is 23.8 Å². The average Bonchev–Trinajstić information content (AvgIpc) is 3.31. The number of fused-ring (bicyclic) bond motifs is 2. The minimum absolute atomic E-state index is 0.0921. The van der Waals surface area contributed by atoms with Crippen LogP contribution < -0.4 is 10.2 Å². The third kappa shape index (κ3) is 4.52. The summed E-state index contributed by atoms with van der Waals surface area (Å²) >= 11 is 3.26. The van der Waals surface area contributed by atoms with Crippen molar-refractivity contribution >= 4 is 46.3 Å². The molecule has 7 heteroatoms. The van der Waals surface area contributed by atoms with Crippen LogP contribution in [-0.2, 0) is 14.3 Å². The lowest BCUT2D eigenvalue weighted by Gasteiger charge is -2.32. The Kier molecular flexibility index (Phi) is 6.40. The predicted octanol–water partition coefficient (Wildman–Crippen LogP) is 5.16. The number of anilines is 2. The highest BCUT2D eigenvalue weighted by Crippen LogP contribution is 2.47. The normalized spacial score (nSPS) is 13.2. The number of rotatable bonds is 7. The van der Waals surface area contributed by atoms with Crippen LogP contribution in [0.3, 0.4) is 0 Å². The van der Waals surface area contributed by atoms with Crippen molar-refractivity contribution in [2.45, 2.75) is 28.7 Å². The number of ether oxygens (including phenoxy) is 1. The molecular formula is C23H22N2O3S2. The van der Waals surface area contributed by atoms with Crippen molar-refractivity contribution in [3.63, 3.8) is 0 Å². The molecule has 0 fully saturated rings. The Bertz CT molecular complexity index is 991. The monoisotopic (exact) mass is 438 g/mol. The third-order valence-corrected chi connectivity index (χ3v) is 7.03. The van der Waals surface area contributed by atoms with E-state index in [4.69, 9.17) is 4.74 Å². The second-order valence-corrected chi connectivity index (χ2v) is 8.92. The molecule has 1 aromatic heterocycles. The molecule has 30 heavy (non-hydrogen) atoms. The van der Waals surface area contributed by atoms with Gasteiger partial charge in [0.1, 0.15) is 0 Å². The van der Waals surface area contributed by atoms with Crippen molar-refractivity contribution < 1.29 is 14.3 Å². The van der Waals surface area contributed by atoms with E-state index >= 15 is 0 Å². The number of methoxy groups -OCH3 is 1. The molecule has 1 N–H and O–H groups in total. The first-order chi connectivity index (χ1) is 14.7. The Hall–Kier alpha value is -2.77. The molecule has 0 spiro atoms. The van der Waals surface area contributed by atoms with Crippen molar-refractivity contribution in [3.8, 4) is 0 Å². The number of thiophene rings is 1. The molecule has 154 valence electrons. The van der Waals surface area contributed by atoms with Crippen LogP contribution in [-0.4, -0.2) is 25.5 Å². The van der Waals surface area contributed by atoms with Crippen molar-refractivity contribution in [3.05, 3.63) is 70.9 Å². The molecule has 1 atom stereocenters. The largest absolute Gasteiger partial charge is 0.469 e. The van der Waals surface area contributed by atoms with E-state index < -0.39 is 0 Å². The number of amides is 1. The van der Waals surface area contributed by atoms with Crippen LogP contribution in [0, 0.1) is 0 Å². The average molecular weight is 439 g/mol. The van der Waals surface area contributed by atoms with Gasteiger partial charge in [0, 0.05) is 27.6 Å². The lowest BCUT2D eigenvalue weighted by atomic mass is 10.1. The fourth-order valence-electron chi connectivity index (χ4n) is 3.46. The summed E-state index contributed by atoms with van der Waals surface area (Å²) in [5.74, 6) is -0.435. The van der Waals surface area contributed by atoms with Gasteiger partial charge in [0.15, 0.2) is 0 Å². The summed E-state index contributed by atoms with van der Waals surface area (Å²) in [5, 5.41) is 4.95. The minimum atomic E-state index is -0.374. The molecule has 1 unspecified atom stereocenters. The summed E-state index contributed by atoms with van der Waals surface area (Å²) in [5.41, 5.74) is 2.22. The number of hydrogen-bond acceptors (Lipinski definition) is 6. The first-order valence-corrected chi connectivity index (χ1v) is 11.4. The van der Waals surface area contributed by atoms with Gasteiger partial charge in [0.05, 0.1) is 30.9 Å². The van der Waals surface area contributed by atoms with Crippen molar-refractivity contribution in [1.29, 1.82) is 0 Å². The highest BCUT2D eigenvalue weighted by Gasteiger charge is 2.24. The van der Waals surface area contributed by atoms with Gasteiger partial charge >= 0.3 is 5.97 Å². The van der Waals surface area contributed by atoms with Gasteiger partial charge in [-0.25, -0.2) is 0 Å². The molecule has 0 saturated carbocycles. The van der Waals surface area contributed by atoms with E-state index in [2.05, 4.69) is 34.5 Å². The predicted molar refractivity (Wildman–Crippen MR) is 120 cm³/mol. The first-order valence-electron chi connectivity index (χ1n) is 9.68. The number of para-hydroxylation sites is 2. The van der Waals surface area contributed by atoms with Crippen LogP contribution >= 0.6 is 23.1 Å². The highest BCUT2D eigenvalue weighted by atomic mass is 32.2. The van der Waals surface area contributed by atoms with Gasteiger partial charge < -0.3 is 15.0 Å². The quantitative estimate of drug-likeness (QED) is 0.516. The highest BCUT2D eigenvalue weighted by molar-refractivity contribution is 7.99. The van der Waals surface area contributed by atoms with Crippen molar-refractivity contribution in [1.82, 2.24) is 5.32 Å². The van der Waals surface area contributed by atoms with E-state index in [1.165, 1.54) is 28.2 Å². The van der Waals surface area contributed by atoms with Crippen LogP contribution in [0.25, 0.3) is 0 Å². The summed E-state index contributed by atoms with van der Waals surface area (Å²) in [7, 11) is 1.36. The van der Waals surface area contributed by atoms with E-state index in [1.54, 1.807) is 11.8 Å². The van der Waals surface area contributed by atoms with Gasteiger partial charge in [-0.15, -0.1) is 11.3 Å². The van der Waals surface area contributed by atoms with Gasteiger partial charge in [0.2, 0.25) is 5.91 Å². The maximum atomic E-state index is 12.8. The number of carbonyl (C=O) groups excluding carboxylic acids is 2. The lowest BCUT2D eigenvalue weighted by Crippen LogP contribution is -2.33. The van der Waals surface area contributed by atoms with E-state index in [-0.39, 0.29) is 24.3 Å². The zero-order valence-electron chi connectivity index (χ0n) is 16.5. The molecule has 2 heterocycles. The molecule has 2 aromatic carbocycles. The number of nitrogens with zero attached hydrogens (tertiary/aromatic N) is 1. The Morgan fingerprint density at radius 1 is 1.00 bits per heavy atom. The third-order valence-electron chi connectivity index (χ3n) is 4.91. The van der Waals surface area contributed by atoms with Gasteiger partial charge in [-0.1, -0.05) is 42.1 Å². The second kappa shape index (κ2) is 9.36. The van der Waals surface area contributed by atoms with Crippen molar-refractivity contribution in [2.24, 2.45) is 0 Å². The number of benzene rings is 2. The van der Waals surface area contributed by atoms with E-state index in [0.717, 1.165) is 16.3 Å². The zero-order chi connectivity index (χ0) is 20.9. The van der Waals surface area contributed by atoms with Crippen LogP contribution in [0.5, 0.6) is 0 Å². The van der Waals surface area contributed by atoms with Crippen LogP contribution in [0.2, 0.25) is 0 Å². The van der Waals surface area contributed by atoms with Gasteiger partial charge in [0.25, 0.3) is 0 Å². The fraction of sp³-hybridized carbons (Fsp3) is 0.217. The van der Waals surface area contributed by atoms with Crippen LogP contribution in [0.15, 0.2) is 75.8 Å². The Labute approximate surface area is 184 Å². The number of carbonyl (C=O) groups is 2. The Balaban J connectivity index is 1.48. The Morgan fingerprint density at radius 2 is 1.67 bits per heavy atom. The SMILES string of the molecule is COC(=O)CC(NC(=O)CCN1c2ccccc2Sc2ccccc21)c1cccs1. The Morgan fingerprint density at radius 3 is 2.27 bits per heavy atom. The van der Waals surface area contributed by atoms with E-state index in [1.807, 2.05) is 41.8 Å². The lowest BCUT2D eigenvalue weighted by molar-refractivity contribution is -0.141. The van der Waals surface area contributed by atoms with Crippen molar-refractivity contribution in [2.75, 3.05) is 18.6 Å². The fourth-order valence-corrected chi connectivity index (χ4v) is 5.34. The molecule has 1 aliphatic heterocycles. The molecule has 5 nitrogen and oxygen atoms in total. The van der Waals surface area contributed by atoms with Crippen LogP contribution in [0.4, 0.5) is 11.4 Å². The van der Waals surface area contributed by atoms with Gasteiger partial charge in [-0.3, -0.25) is 9.59 Å². The molecule has 3 aromatic rings. The number of nitrogens with one attached hydrogen (secondary N) is 1. The summed E-state index contributed by atoms with van der Waals surface area (Å²) in [6.45, 7) is 0.551.